The van der Waals surface area contributed by atoms with E-state index in [1.54, 1.807) is 18.2 Å². The zero-order valence-corrected chi connectivity index (χ0v) is 19.2. The van der Waals surface area contributed by atoms with Crippen molar-refractivity contribution in [3.05, 3.63) is 47.8 Å². The van der Waals surface area contributed by atoms with Gasteiger partial charge in [-0.3, -0.25) is 4.68 Å². The quantitative estimate of drug-likeness (QED) is 0.341. The van der Waals surface area contributed by atoms with E-state index in [1.807, 2.05) is 30.9 Å². The van der Waals surface area contributed by atoms with Crippen molar-refractivity contribution in [2.45, 2.75) is 30.7 Å². The molecule has 2 N–H and O–H groups in total. The first kappa shape index (κ1) is 23.2. The van der Waals surface area contributed by atoms with Crippen LogP contribution in [0.1, 0.15) is 30.4 Å². The first-order valence-electron chi connectivity index (χ1n) is 10.5. The fourth-order valence-electron chi connectivity index (χ4n) is 3.64. The van der Waals surface area contributed by atoms with Gasteiger partial charge in [0.15, 0.2) is 5.96 Å². The number of nitrogens with zero attached hydrogens (tertiary/aromatic N) is 4. The van der Waals surface area contributed by atoms with Crippen molar-refractivity contribution < 1.29 is 13.2 Å². The van der Waals surface area contributed by atoms with Gasteiger partial charge in [0.2, 0.25) is 10.0 Å². The Labute approximate surface area is 184 Å². The van der Waals surface area contributed by atoms with E-state index in [4.69, 9.17) is 9.73 Å². The molecule has 1 fully saturated rings. The van der Waals surface area contributed by atoms with Gasteiger partial charge in [0.1, 0.15) is 0 Å². The molecule has 1 aliphatic rings. The average Bonchev–Trinajstić information content (AvgIpc) is 3.40. The highest BCUT2D eigenvalue weighted by Gasteiger charge is 2.27. The monoisotopic (exact) mass is 448 g/mol. The number of guanidine groups is 1. The molecule has 1 aromatic heterocycles. The third-order valence-electron chi connectivity index (χ3n) is 5.24. The van der Waals surface area contributed by atoms with Crippen LogP contribution in [-0.4, -0.2) is 69.0 Å². The standard InChI is InChI=1S/C21H32N6O3S/c1-4-22-21(27-10-8-18(16-27)19-14-24-26(2)15-19)23-13-17-6-5-7-20(12-17)31(28,29)25-9-11-30-3/h5-7,12,14-15,18,25H,4,8-11,13,16H2,1-3H3,(H,22,23). The first-order valence-corrected chi connectivity index (χ1v) is 12.0. The zero-order chi connectivity index (χ0) is 22.3. The molecule has 31 heavy (non-hydrogen) atoms. The number of hydrogen-bond acceptors (Lipinski definition) is 5. The number of methoxy groups -OCH3 is 1. The largest absolute Gasteiger partial charge is 0.383 e. The summed E-state index contributed by atoms with van der Waals surface area (Å²) in [7, 11) is -0.0982. The number of benzene rings is 1. The van der Waals surface area contributed by atoms with Crippen molar-refractivity contribution in [2.24, 2.45) is 12.0 Å². The van der Waals surface area contributed by atoms with E-state index in [0.29, 0.717) is 19.1 Å². The number of aromatic nitrogens is 2. The Morgan fingerprint density at radius 1 is 1.39 bits per heavy atom. The van der Waals surface area contributed by atoms with Crippen LogP contribution in [0.4, 0.5) is 0 Å². The Hall–Kier alpha value is -2.43. The molecule has 10 heteroatoms. The third-order valence-corrected chi connectivity index (χ3v) is 6.70. The van der Waals surface area contributed by atoms with Crippen molar-refractivity contribution in [1.29, 1.82) is 0 Å². The molecule has 1 atom stereocenters. The SMILES string of the molecule is CCNC(=NCc1cccc(S(=O)(=O)NCCOC)c1)N1CCC(c2cnn(C)c2)C1. The Bertz CT molecular complexity index is 989. The summed E-state index contributed by atoms with van der Waals surface area (Å²) in [6.45, 7) is 5.58. The molecule has 2 heterocycles. The van der Waals surface area contributed by atoms with Gasteiger partial charge in [0.25, 0.3) is 0 Å². The highest BCUT2D eigenvalue weighted by molar-refractivity contribution is 7.89. The third kappa shape index (κ3) is 6.28. The number of likely N-dealkylation sites (tertiary alicyclic amines) is 1. The maximum atomic E-state index is 12.5. The van der Waals surface area contributed by atoms with E-state index in [0.717, 1.165) is 37.6 Å². The predicted molar refractivity (Wildman–Crippen MR) is 120 cm³/mol. The van der Waals surface area contributed by atoms with Gasteiger partial charge < -0.3 is 15.0 Å². The fourth-order valence-corrected chi connectivity index (χ4v) is 4.72. The molecule has 1 aromatic carbocycles. The second kappa shape index (κ2) is 10.7. The van der Waals surface area contributed by atoms with E-state index in [9.17, 15) is 8.42 Å². The van der Waals surface area contributed by atoms with Gasteiger partial charge in [0, 0.05) is 52.5 Å². The summed E-state index contributed by atoms with van der Waals surface area (Å²) in [6.07, 6.45) is 5.06. The lowest BCUT2D eigenvalue weighted by Gasteiger charge is -2.21. The summed E-state index contributed by atoms with van der Waals surface area (Å²) in [5.41, 5.74) is 2.09. The van der Waals surface area contributed by atoms with Crippen molar-refractivity contribution >= 4 is 16.0 Å². The maximum absolute atomic E-state index is 12.5. The van der Waals surface area contributed by atoms with Crippen LogP contribution in [0.3, 0.4) is 0 Å². The molecule has 170 valence electrons. The van der Waals surface area contributed by atoms with Crippen LogP contribution in [0, 0.1) is 0 Å². The lowest BCUT2D eigenvalue weighted by molar-refractivity contribution is 0.204. The van der Waals surface area contributed by atoms with Crippen LogP contribution in [0.5, 0.6) is 0 Å². The lowest BCUT2D eigenvalue weighted by Crippen LogP contribution is -2.40. The summed E-state index contributed by atoms with van der Waals surface area (Å²) in [5, 5.41) is 7.65. The van der Waals surface area contributed by atoms with Crippen LogP contribution in [0.15, 0.2) is 46.5 Å². The number of rotatable bonds is 9. The Morgan fingerprint density at radius 2 is 2.23 bits per heavy atom. The zero-order valence-electron chi connectivity index (χ0n) is 18.4. The van der Waals surface area contributed by atoms with E-state index >= 15 is 0 Å². The molecule has 1 unspecified atom stereocenters. The smallest absolute Gasteiger partial charge is 0.240 e. The van der Waals surface area contributed by atoms with Gasteiger partial charge in [-0.2, -0.15) is 5.10 Å². The van der Waals surface area contributed by atoms with Crippen molar-refractivity contribution in [1.82, 2.24) is 24.7 Å². The normalized spacial score (nSPS) is 17.3. The second-order valence-corrected chi connectivity index (χ2v) is 9.35. The van der Waals surface area contributed by atoms with Crippen LogP contribution in [0.2, 0.25) is 0 Å². The number of nitrogens with one attached hydrogen (secondary N) is 2. The second-order valence-electron chi connectivity index (χ2n) is 7.59. The minimum absolute atomic E-state index is 0.235. The van der Waals surface area contributed by atoms with Gasteiger partial charge in [-0.05, 0) is 36.6 Å². The van der Waals surface area contributed by atoms with Crippen LogP contribution in [-0.2, 0) is 28.4 Å². The minimum atomic E-state index is -3.57. The minimum Gasteiger partial charge on any atom is -0.383 e. The van der Waals surface area contributed by atoms with Gasteiger partial charge >= 0.3 is 0 Å². The summed E-state index contributed by atoms with van der Waals surface area (Å²) in [5.74, 6) is 1.28. The van der Waals surface area contributed by atoms with Gasteiger partial charge in [-0.25, -0.2) is 18.1 Å². The molecule has 2 aromatic rings. The van der Waals surface area contributed by atoms with E-state index in [-0.39, 0.29) is 11.4 Å². The molecule has 0 radical (unpaired) electrons. The van der Waals surface area contributed by atoms with Crippen molar-refractivity contribution in [3.63, 3.8) is 0 Å². The fraction of sp³-hybridized carbons (Fsp3) is 0.524. The summed E-state index contributed by atoms with van der Waals surface area (Å²) in [6, 6.07) is 6.90. The highest BCUT2D eigenvalue weighted by atomic mass is 32.2. The average molecular weight is 449 g/mol. The number of aryl methyl sites for hydroxylation is 1. The predicted octanol–water partition coefficient (Wildman–Crippen LogP) is 1.30. The Balaban J connectivity index is 1.68. The molecular formula is C21H32N6O3S. The molecule has 9 nitrogen and oxygen atoms in total. The van der Waals surface area contributed by atoms with Crippen molar-refractivity contribution in [3.8, 4) is 0 Å². The molecule has 0 amide bonds. The number of hydrogen-bond donors (Lipinski definition) is 2. The van der Waals surface area contributed by atoms with E-state index in [2.05, 4.69) is 26.2 Å². The first-order chi connectivity index (χ1) is 14.9. The molecule has 0 spiro atoms. The van der Waals surface area contributed by atoms with Crippen LogP contribution < -0.4 is 10.0 Å². The molecule has 0 bridgehead atoms. The number of aliphatic imine (C=N–C) groups is 1. The summed E-state index contributed by atoms with van der Waals surface area (Å²) >= 11 is 0. The molecule has 0 aliphatic carbocycles. The Kier molecular flexibility index (Phi) is 8.05. The number of sulfonamides is 1. The van der Waals surface area contributed by atoms with Gasteiger partial charge in [-0.15, -0.1) is 0 Å². The van der Waals surface area contributed by atoms with Crippen LogP contribution >= 0.6 is 0 Å². The van der Waals surface area contributed by atoms with Crippen LogP contribution in [0.25, 0.3) is 0 Å². The lowest BCUT2D eigenvalue weighted by atomic mass is 10.0. The van der Waals surface area contributed by atoms with E-state index in [1.165, 1.54) is 12.7 Å². The molecule has 3 rings (SSSR count). The Morgan fingerprint density at radius 3 is 2.94 bits per heavy atom. The molecule has 0 saturated carbocycles. The van der Waals surface area contributed by atoms with Gasteiger partial charge in [0.05, 0.1) is 24.2 Å². The van der Waals surface area contributed by atoms with E-state index < -0.39 is 10.0 Å². The summed E-state index contributed by atoms with van der Waals surface area (Å²) < 4.78 is 34.2. The number of ether oxygens (including phenoxy) is 1. The molecular weight excluding hydrogens is 416 g/mol. The van der Waals surface area contributed by atoms with Crippen molar-refractivity contribution in [2.75, 3.05) is 39.9 Å². The maximum Gasteiger partial charge on any atom is 0.240 e. The molecule has 1 aliphatic heterocycles. The summed E-state index contributed by atoms with van der Waals surface area (Å²) in [4.78, 5) is 7.27. The topological polar surface area (TPSA) is 101 Å². The highest BCUT2D eigenvalue weighted by Crippen LogP contribution is 2.26. The van der Waals surface area contributed by atoms with Gasteiger partial charge in [-0.1, -0.05) is 12.1 Å². The molecule has 1 saturated heterocycles.